The van der Waals surface area contributed by atoms with Crippen molar-refractivity contribution in [2.24, 2.45) is 0 Å². The molecule has 1 aromatic heterocycles. The molecule has 0 aliphatic carbocycles. The number of halogens is 1. The monoisotopic (exact) mass is 254 g/mol. The number of rotatable bonds is 1. The molecule has 2 aromatic carbocycles. The molecule has 3 rings (SSSR count). The molecule has 0 unspecified atom stereocenters. The zero-order valence-corrected chi connectivity index (χ0v) is 10.0. The molecule has 0 spiro atoms. The summed E-state index contributed by atoms with van der Waals surface area (Å²) in [6.07, 6.45) is 0. The van der Waals surface area contributed by atoms with Crippen LogP contribution in [-0.2, 0) is 0 Å². The Morgan fingerprint density at radius 2 is 1.89 bits per heavy atom. The summed E-state index contributed by atoms with van der Waals surface area (Å²) in [6.45, 7) is 0. The van der Waals surface area contributed by atoms with Gasteiger partial charge in [-0.2, -0.15) is 5.26 Å². The fourth-order valence-electron chi connectivity index (χ4n) is 1.71. The minimum Gasteiger partial charge on any atom is -0.236 e. The summed E-state index contributed by atoms with van der Waals surface area (Å²) < 4.78 is 13.9. The van der Waals surface area contributed by atoms with E-state index in [0.29, 0.717) is 5.56 Å². The summed E-state index contributed by atoms with van der Waals surface area (Å²) >= 11 is 1.53. The number of aromatic nitrogens is 1. The van der Waals surface area contributed by atoms with Crippen LogP contribution in [0.4, 0.5) is 4.39 Å². The molecule has 0 saturated carbocycles. The van der Waals surface area contributed by atoms with Crippen molar-refractivity contribution in [3.8, 4) is 16.6 Å². The van der Waals surface area contributed by atoms with E-state index >= 15 is 0 Å². The molecule has 2 nitrogen and oxygen atoms in total. The highest BCUT2D eigenvalue weighted by molar-refractivity contribution is 7.21. The highest BCUT2D eigenvalue weighted by Gasteiger charge is 2.06. The predicted octanol–water partition coefficient (Wildman–Crippen LogP) is 3.97. The van der Waals surface area contributed by atoms with Gasteiger partial charge in [0.15, 0.2) is 0 Å². The number of nitriles is 1. The number of fused-ring (bicyclic) bond motifs is 1. The van der Waals surface area contributed by atoms with Gasteiger partial charge in [-0.1, -0.05) is 0 Å². The summed E-state index contributed by atoms with van der Waals surface area (Å²) in [5.41, 5.74) is 2.29. The number of hydrogen-bond donors (Lipinski definition) is 0. The molecule has 0 aliphatic rings. The molecule has 0 bridgehead atoms. The smallest absolute Gasteiger partial charge is 0.124 e. The second kappa shape index (κ2) is 4.21. The van der Waals surface area contributed by atoms with Gasteiger partial charge < -0.3 is 0 Å². The van der Waals surface area contributed by atoms with Crippen molar-refractivity contribution >= 4 is 21.6 Å². The van der Waals surface area contributed by atoms with E-state index in [1.54, 1.807) is 24.3 Å². The average Bonchev–Trinajstić information content (AvgIpc) is 2.82. The molecule has 0 fully saturated rings. The molecule has 86 valence electrons. The molecule has 1 heterocycles. The van der Waals surface area contributed by atoms with E-state index in [-0.39, 0.29) is 5.82 Å². The van der Waals surface area contributed by atoms with Crippen LogP contribution in [0.5, 0.6) is 0 Å². The maximum absolute atomic E-state index is 12.9. The lowest BCUT2D eigenvalue weighted by molar-refractivity contribution is 0.628. The highest BCUT2D eigenvalue weighted by atomic mass is 32.1. The van der Waals surface area contributed by atoms with E-state index < -0.39 is 0 Å². The Morgan fingerprint density at radius 1 is 1.11 bits per heavy atom. The first-order valence-corrected chi connectivity index (χ1v) is 6.14. The first-order chi connectivity index (χ1) is 8.76. The molecule has 0 N–H and O–H groups in total. The van der Waals surface area contributed by atoms with Gasteiger partial charge in [-0.3, -0.25) is 0 Å². The van der Waals surface area contributed by atoms with E-state index in [9.17, 15) is 4.39 Å². The molecule has 0 amide bonds. The zero-order chi connectivity index (χ0) is 12.5. The van der Waals surface area contributed by atoms with Crippen LogP contribution in [0.2, 0.25) is 0 Å². The topological polar surface area (TPSA) is 36.7 Å². The van der Waals surface area contributed by atoms with Crippen LogP contribution in [0.25, 0.3) is 20.8 Å². The first-order valence-electron chi connectivity index (χ1n) is 5.33. The maximum Gasteiger partial charge on any atom is 0.124 e. The first kappa shape index (κ1) is 10.9. The minimum absolute atomic E-state index is 0.258. The standard InChI is InChI=1S/C14H7FN2S/c15-11-4-2-10(3-5-11)14-17-12-7-9(8-16)1-6-13(12)18-14/h1-7H. The molecule has 3 aromatic rings. The van der Waals surface area contributed by atoms with Gasteiger partial charge in [0.05, 0.1) is 21.8 Å². The van der Waals surface area contributed by atoms with Crippen molar-refractivity contribution < 1.29 is 4.39 Å². The number of benzene rings is 2. The lowest BCUT2D eigenvalue weighted by Crippen LogP contribution is -1.77. The summed E-state index contributed by atoms with van der Waals surface area (Å²) in [6, 6.07) is 13.8. The van der Waals surface area contributed by atoms with Crippen molar-refractivity contribution in [3.63, 3.8) is 0 Å². The van der Waals surface area contributed by atoms with Gasteiger partial charge in [-0.25, -0.2) is 9.37 Å². The number of thiazole rings is 1. The Balaban J connectivity index is 2.13. The van der Waals surface area contributed by atoms with Gasteiger partial charge in [-0.05, 0) is 42.5 Å². The third-order valence-electron chi connectivity index (χ3n) is 2.61. The Bertz CT molecular complexity index is 754. The molecule has 0 radical (unpaired) electrons. The second-order valence-electron chi connectivity index (χ2n) is 3.82. The van der Waals surface area contributed by atoms with Gasteiger partial charge in [0.1, 0.15) is 10.8 Å². The summed E-state index contributed by atoms with van der Waals surface area (Å²) in [4.78, 5) is 4.47. The fraction of sp³-hybridized carbons (Fsp3) is 0. The minimum atomic E-state index is -0.258. The fourth-order valence-corrected chi connectivity index (χ4v) is 2.66. The van der Waals surface area contributed by atoms with Gasteiger partial charge in [0, 0.05) is 5.56 Å². The lowest BCUT2D eigenvalue weighted by atomic mass is 10.2. The lowest BCUT2D eigenvalue weighted by Gasteiger charge is -1.94. The molecule has 0 saturated heterocycles. The van der Waals surface area contributed by atoms with Gasteiger partial charge >= 0.3 is 0 Å². The van der Waals surface area contributed by atoms with Crippen LogP contribution < -0.4 is 0 Å². The van der Waals surface area contributed by atoms with Gasteiger partial charge in [0.25, 0.3) is 0 Å². The van der Waals surface area contributed by atoms with E-state index in [4.69, 9.17) is 5.26 Å². The van der Waals surface area contributed by atoms with Crippen molar-refractivity contribution in [1.82, 2.24) is 4.98 Å². The highest BCUT2D eigenvalue weighted by Crippen LogP contribution is 2.30. The molecule has 0 atom stereocenters. The van der Waals surface area contributed by atoms with Crippen molar-refractivity contribution in [1.29, 1.82) is 5.26 Å². The van der Waals surface area contributed by atoms with Crippen LogP contribution in [0.1, 0.15) is 5.56 Å². The van der Waals surface area contributed by atoms with Crippen LogP contribution in [0.3, 0.4) is 0 Å². The number of hydrogen-bond acceptors (Lipinski definition) is 3. The normalized spacial score (nSPS) is 10.4. The Labute approximate surface area is 107 Å². The second-order valence-corrected chi connectivity index (χ2v) is 4.85. The third kappa shape index (κ3) is 1.85. The van der Waals surface area contributed by atoms with E-state index in [1.165, 1.54) is 23.5 Å². The van der Waals surface area contributed by atoms with E-state index in [1.807, 2.05) is 6.07 Å². The largest absolute Gasteiger partial charge is 0.236 e. The van der Waals surface area contributed by atoms with E-state index in [2.05, 4.69) is 11.1 Å². The molecule has 4 heteroatoms. The average molecular weight is 254 g/mol. The maximum atomic E-state index is 12.9. The molecule has 0 aliphatic heterocycles. The van der Waals surface area contributed by atoms with Crippen LogP contribution in [0, 0.1) is 17.1 Å². The van der Waals surface area contributed by atoms with Gasteiger partial charge in [0.2, 0.25) is 0 Å². The number of nitrogens with zero attached hydrogens (tertiary/aromatic N) is 2. The SMILES string of the molecule is N#Cc1ccc2sc(-c3ccc(F)cc3)nc2c1. The Hall–Kier alpha value is -2.25. The van der Waals surface area contributed by atoms with Crippen molar-refractivity contribution in [3.05, 3.63) is 53.8 Å². The summed E-state index contributed by atoms with van der Waals surface area (Å²) in [5, 5.41) is 9.67. The summed E-state index contributed by atoms with van der Waals surface area (Å²) in [7, 11) is 0. The molecular formula is C14H7FN2S. The molecule has 18 heavy (non-hydrogen) atoms. The predicted molar refractivity (Wildman–Crippen MR) is 69.7 cm³/mol. The molecular weight excluding hydrogens is 247 g/mol. The Morgan fingerprint density at radius 3 is 2.61 bits per heavy atom. The van der Waals surface area contributed by atoms with Gasteiger partial charge in [-0.15, -0.1) is 11.3 Å². The van der Waals surface area contributed by atoms with E-state index in [0.717, 1.165) is 20.8 Å². The zero-order valence-electron chi connectivity index (χ0n) is 9.22. The summed E-state index contributed by atoms with van der Waals surface area (Å²) in [5.74, 6) is -0.258. The van der Waals surface area contributed by atoms with Crippen LogP contribution in [0.15, 0.2) is 42.5 Å². The van der Waals surface area contributed by atoms with Crippen molar-refractivity contribution in [2.45, 2.75) is 0 Å². The van der Waals surface area contributed by atoms with Crippen molar-refractivity contribution in [2.75, 3.05) is 0 Å². The quantitative estimate of drug-likeness (QED) is 0.658. The third-order valence-corrected chi connectivity index (χ3v) is 3.69. The van der Waals surface area contributed by atoms with Crippen LogP contribution in [-0.4, -0.2) is 4.98 Å². The Kier molecular flexibility index (Phi) is 2.54. The van der Waals surface area contributed by atoms with Crippen LogP contribution >= 0.6 is 11.3 Å².